The van der Waals surface area contributed by atoms with E-state index in [1.807, 2.05) is 25.1 Å². The maximum absolute atomic E-state index is 6.81. The van der Waals surface area contributed by atoms with Crippen molar-refractivity contribution in [2.45, 2.75) is 6.92 Å². The highest BCUT2D eigenvalue weighted by molar-refractivity contribution is 5.62. The van der Waals surface area contributed by atoms with Crippen LogP contribution in [0.5, 0.6) is 0 Å². The second kappa shape index (κ2) is 3.35. The van der Waals surface area contributed by atoms with Crippen molar-refractivity contribution >= 4 is 5.69 Å². The third-order valence-corrected chi connectivity index (χ3v) is 1.92. The largest absolute Gasteiger partial charge is 0.361 e. The fourth-order valence-electron chi connectivity index (χ4n) is 1.21. The normalized spacial score (nSPS) is 9.71. The third-order valence-electron chi connectivity index (χ3n) is 1.92. The van der Waals surface area contributed by atoms with Crippen LogP contribution in [0.1, 0.15) is 5.76 Å². The Morgan fingerprint density at radius 1 is 1.29 bits per heavy atom. The summed E-state index contributed by atoms with van der Waals surface area (Å²) in [5.41, 5.74) is 2.40. The minimum absolute atomic E-state index is 0.633. The Hall–Kier alpha value is -2.08. The van der Waals surface area contributed by atoms with Crippen molar-refractivity contribution in [3.8, 4) is 11.3 Å². The lowest BCUT2D eigenvalue weighted by Gasteiger charge is -1.93. The van der Waals surface area contributed by atoms with E-state index in [9.17, 15) is 0 Å². The van der Waals surface area contributed by atoms with Gasteiger partial charge in [-0.2, -0.15) is 0 Å². The number of aryl methyl sites for hydroxylation is 1. The standard InChI is InChI=1S/C11H8N2O/c1-8-7-11(13-14-8)9-3-5-10(12-2)6-4-9/h3-7H,1H3. The first kappa shape index (κ1) is 8.52. The van der Waals surface area contributed by atoms with Crippen LogP contribution in [0.2, 0.25) is 0 Å². The number of rotatable bonds is 1. The van der Waals surface area contributed by atoms with Gasteiger partial charge in [-0.1, -0.05) is 29.4 Å². The maximum Gasteiger partial charge on any atom is 0.187 e. The van der Waals surface area contributed by atoms with Crippen LogP contribution in [0.25, 0.3) is 16.1 Å². The maximum atomic E-state index is 6.81. The molecule has 0 amide bonds. The second-order valence-electron chi connectivity index (χ2n) is 2.98. The minimum atomic E-state index is 0.633. The molecule has 0 fully saturated rings. The molecule has 0 aliphatic heterocycles. The van der Waals surface area contributed by atoms with Crippen LogP contribution < -0.4 is 0 Å². The lowest BCUT2D eigenvalue weighted by molar-refractivity contribution is 0.399. The van der Waals surface area contributed by atoms with Gasteiger partial charge in [0.25, 0.3) is 0 Å². The quantitative estimate of drug-likeness (QED) is 0.637. The van der Waals surface area contributed by atoms with Crippen molar-refractivity contribution in [2.75, 3.05) is 0 Å². The summed E-state index contributed by atoms with van der Waals surface area (Å²) in [7, 11) is 0. The van der Waals surface area contributed by atoms with Gasteiger partial charge < -0.3 is 4.52 Å². The highest BCUT2D eigenvalue weighted by Crippen LogP contribution is 2.21. The van der Waals surface area contributed by atoms with Crippen LogP contribution in [0.3, 0.4) is 0 Å². The Kier molecular flexibility index (Phi) is 2.04. The molecule has 0 spiro atoms. The number of benzene rings is 1. The summed E-state index contributed by atoms with van der Waals surface area (Å²) in [6, 6.07) is 9.14. The van der Waals surface area contributed by atoms with E-state index < -0.39 is 0 Å². The predicted molar refractivity (Wildman–Crippen MR) is 52.9 cm³/mol. The van der Waals surface area contributed by atoms with Crippen molar-refractivity contribution in [2.24, 2.45) is 0 Å². The van der Waals surface area contributed by atoms with Gasteiger partial charge in [-0.15, -0.1) is 0 Å². The van der Waals surface area contributed by atoms with Crippen molar-refractivity contribution in [3.05, 3.63) is 47.5 Å². The third kappa shape index (κ3) is 1.50. The van der Waals surface area contributed by atoms with Crippen LogP contribution in [0.15, 0.2) is 34.9 Å². The number of hydrogen-bond donors (Lipinski definition) is 0. The van der Waals surface area contributed by atoms with Crippen molar-refractivity contribution < 1.29 is 4.52 Å². The van der Waals surface area contributed by atoms with E-state index in [1.165, 1.54) is 0 Å². The van der Waals surface area contributed by atoms with Crippen molar-refractivity contribution in [3.63, 3.8) is 0 Å². The molecule has 3 nitrogen and oxygen atoms in total. The Balaban J connectivity index is 2.39. The Morgan fingerprint density at radius 3 is 2.50 bits per heavy atom. The zero-order valence-electron chi connectivity index (χ0n) is 7.69. The first-order valence-corrected chi connectivity index (χ1v) is 4.21. The summed E-state index contributed by atoms with van der Waals surface area (Å²) < 4.78 is 4.96. The molecule has 0 radical (unpaired) electrons. The Morgan fingerprint density at radius 2 is 2.00 bits per heavy atom. The second-order valence-corrected chi connectivity index (χ2v) is 2.98. The van der Waals surface area contributed by atoms with E-state index in [1.54, 1.807) is 12.1 Å². The van der Waals surface area contributed by atoms with Gasteiger partial charge in [0, 0.05) is 11.6 Å². The van der Waals surface area contributed by atoms with Gasteiger partial charge in [0.2, 0.25) is 0 Å². The lowest BCUT2D eigenvalue weighted by Crippen LogP contribution is -1.74. The van der Waals surface area contributed by atoms with E-state index in [-0.39, 0.29) is 0 Å². The molecular formula is C11H8N2O. The first-order chi connectivity index (χ1) is 6.79. The predicted octanol–water partition coefficient (Wildman–Crippen LogP) is 3.20. The average Bonchev–Trinajstić information content (AvgIpc) is 2.65. The number of nitrogens with zero attached hydrogens (tertiary/aromatic N) is 2. The van der Waals surface area contributed by atoms with E-state index in [0.717, 1.165) is 17.0 Å². The monoisotopic (exact) mass is 184 g/mol. The zero-order valence-corrected chi connectivity index (χ0v) is 7.69. The van der Waals surface area contributed by atoms with E-state index >= 15 is 0 Å². The Bertz CT molecular complexity index is 477. The van der Waals surface area contributed by atoms with Gasteiger partial charge in [0.1, 0.15) is 11.5 Å². The van der Waals surface area contributed by atoms with E-state index in [2.05, 4.69) is 10.0 Å². The lowest BCUT2D eigenvalue weighted by atomic mass is 10.1. The molecule has 1 aromatic heterocycles. The van der Waals surface area contributed by atoms with Crippen LogP contribution >= 0.6 is 0 Å². The molecule has 1 heterocycles. The van der Waals surface area contributed by atoms with Crippen LogP contribution in [0, 0.1) is 13.5 Å². The number of aromatic nitrogens is 1. The van der Waals surface area contributed by atoms with E-state index in [0.29, 0.717) is 5.69 Å². The molecule has 0 N–H and O–H groups in total. The fraction of sp³-hybridized carbons (Fsp3) is 0.0909. The molecule has 0 saturated heterocycles. The molecule has 3 heteroatoms. The average molecular weight is 184 g/mol. The van der Waals surface area contributed by atoms with Gasteiger partial charge in [-0.3, -0.25) is 0 Å². The van der Waals surface area contributed by atoms with Crippen molar-refractivity contribution in [1.82, 2.24) is 5.16 Å². The van der Waals surface area contributed by atoms with Gasteiger partial charge in [-0.25, -0.2) is 4.85 Å². The number of hydrogen-bond acceptors (Lipinski definition) is 2. The SMILES string of the molecule is [C-]#[N+]c1ccc(-c2cc(C)on2)cc1. The van der Waals surface area contributed by atoms with Crippen LogP contribution in [0.4, 0.5) is 5.69 Å². The molecule has 0 aliphatic carbocycles. The molecular weight excluding hydrogens is 176 g/mol. The summed E-state index contributed by atoms with van der Waals surface area (Å²) in [5.74, 6) is 0.786. The Labute approximate surface area is 81.8 Å². The summed E-state index contributed by atoms with van der Waals surface area (Å²) in [6.07, 6.45) is 0. The smallest absolute Gasteiger partial charge is 0.187 e. The summed E-state index contributed by atoms with van der Waals surface area (Å²) >= 11 is 0. The van der Waals surface area contributed by atoms with Crippen LogP contribution in [-0.2, 0) is 0 Å². The van der Waals surface area contributed by atoms with Crippen molar-refractivity contribution in [1.29, 1.82) is 0 Å². The van der Waals surface area contributed by atoms with Gasteiger partial charge >= 0.3 is 0 Å². The molecule has 0 atom stereocenters. The molecule has 0 saturated carbocycles. The molecule has 0 unspecified atom stereocenters. The van der Waals surface area contributed by atoms with Gasteiger partial charge in [0.15, 0.2) is 5.69 Å². The molecule has 2 aromatic rings. The van der Waals surface area contributed by atoms with E-state index in [4.69, 9.17) is 11.1 Å². The van der Waals surface area contributed by atoms with Gasteiger partial charge in [-0.05, 0) is 6.92 Å². The molecule has 1 aromatic carbocycles. The highest BCUT2D eigenvalue weighted by atomic mass is 16.5. The fourth-order valence-corrected chi connectivity index (χ4v) is 1.21. The molecule has 0 aliphatic rings. The summed E-state index contributed by atoms with van der Waals surface area (Å²) in [5, 5.41) is 3.89. The summed E-state index contributed by atoms with van der Waals surface area (Å²) in [4.78, 5) is 3.32. The van der Waals surface area contributed by atoms with Gasteiger partial charge in [0.05, 0.1) is 6.57 Å². The highest BCUT2D eigenvalue weighted by Gasteiger charge is 2.02. The topological polar surface area (TPSA) is 30.4 Å². The first-order valence-electron chi connectivity index (χ1n) is 4.21. The molecule has 14 heavy (non-hydrogen) atoms. The summed E-state index contributed by atoms with van der Waals surface area (Å²) in [6.45, 7) is 8.66. The molecule has 2 rings (SSSR count). The minimum Gasteiger partial charge on any atom is -0.361 e. The van der Waals surface area contributed by atoms with Crippen LogP contribution in [-0.4, -0.2) is 5.16 Å². The zero-order chi connectivity index (χ0) is 9.97. The molecule has 68 valence electrons. The molecule has 0 bridgehead atoms.